The number of benzene rings is 1. The highest BCUT2D eigenvalue weighted by Gasteiger charge is 2.11. The third-order valence-corrected chi connectivity index (χ3v) is 3.06. The van der Waals surface area contributed by atoms with E-state index < -0.39 is 0 Å². The van der Waals surface area contributed by atoms with E-state index in [0.29, 0.717) is 17.1 Å². The number of halogens is 1. The summed E-state index contributed by atoms with van der Waals surface area (Å²) < 4.78 is 13.6. The molecule has 1 aromatic carbocycles. The second kappa shape index (κ2) is 5.75. The van der Waals surface area contributed by atoms with Crippen molar-refractivity contribution in [2.75, 3.05) is 11.9 Å². The summed E-state index contributed by atoms with van der Waals surface area (Å²) in [7, 11) is 1.85. The van der Waals surface area contributed by atoms with Crippen molar-refractivity contribution in [3.05, 3.63) is 59.7 Å². The van der Waals surface area contributed by atoms with Crippen LogP contribution in [0.4, 0.5) is 10.1 Å². The van der Waals surface area contributed by atoms with Gasteiger partial charge in [-0.3, -0.25) is 4.98 Å². The quantitative estimate of drug-likeness (QED) is 0.871. The van der Waals surface area contributed by atoms with Gasteiger partial charge < -0.3 is 10.6 Å². The summed E-state index contributed by atoms with van der Waals surface area (Å²) in [5.41, 5.74) is 7.82. The third kappa shape index (κ3) is 3.06. The minimum atomic E-state index is -0.227. The van der Waals surface area contributed by atoms with Crippen molar-refractivity contribution in [1.29, 1.82) is 0 Å². The van der Waals surface area contributed by atoms with E-state index >= 15 is 0 Å². The molecule has 1 heterocycles. The molecule has 0 saturated carbocycles. The molecule has 2 N–H and O–H groups in total. The predicted molar refractivity (Wildman–Crippen MR) is 78.6 cm³/mol. The maximum atomic E-state index is 13.6. The lowest BCUT2D eigenvalue weighted by atomic mass is 10.1. The fourth-order valence-corrected chi connectivity index (χ4v) is 2.04. The Balaban J connectivity index is 2.28. The molecule has 0 aliphatic rings. The minimum absolute atomic E-state index is 0.227. The second-order valence-corrected chi connectivity index (χ2v) is 4.64. The van der Waals surface area contributed by atoms with Crippen LogP contribution in [0, 0.1) is 5.82 Å². The maximum absolute atomic E-state index is 13.6. The first-order valence-electron chi connectivity index (χ1n) is 5.78. The molecule has 0 amide bonds. The molecule has 0 aliphatic carbocycles. The summed E-state index contributed by atoms with van der Waals surface area (Å²) in [5.74, 6) is -0.227. The van der Waals surface area contributed by atoms with Gasteiger partial charge in [-0.15, -0.1) is 0 Å². The van der Waals surface area contributed by atoms with Crippen molar-refractivity contribution in [2.24, 2.45) is 5.73 Å². The van der Waals surface area contributed by atoms with Crippen molar-refractivity contribution < 1.29 is 4.39 Å². The highest BCUT2D eigenvalue weighted by molar-refractivity contribution is 7.80. The van der Waals surface area contributed by atoms with E-state index in [1.807, 2.05) is 18.0 Å². The number of nitrogens with two attached hydrogens (primary N) is 1. The lowest BCUT2D eigenvalue weighted by Crippen LogP contribution is -2.22. The van der Waals surface area contributed by atoms with E-state index in [-0.39, 0.29) is 5.82 Å². The number of anilines is 1. The van der Waals surface area contributed by atoms with Crippen LogP contribution in [-0.4, -0.2) is 17.0 Å². The topological polar surface area (TPSA) is 42.2 Å². The average molecular weight is 275 g/mol. The normalized spacial score (nSPS) is 10.2. The fraction of sp³-hybridized carbons (Fsp3) is 0.143. The fourth-order valence-electron chi connectivity index (χ4n) is 1.87. The Labute approximate surface area is 116 Å². The molecule has 3 nitrogen and oxygen atoms in total. The molecule has 0 saturated heterocycles. The Kier molecular flexibility index (Phi) is 4.06. The van der Waals surface area contributed by atoms with Crippen LogP contribution in [0.2, 0.25) is 0 Å². The zero-order valence-corrected chi connectivity index (χ0v) is 11.3. The molecule has 0 spiro atoms. The molecule has 0 bridgehead atoms. The maximum Gasteiger partial charge on any atom is 0.128 e. The van der Waals surface area contributed by atoms with Crippen LogP contribution in [-0.2, 0) is 6.54 Å². The summed E-state index contributed by atoms with van der Waals surface area (Å²) >= 11 is 5.01. The SMILES string of the molecule is CN(Cc1ccccc1F)c1cnccc1C(N)=S. The van der Waals surface area contributed by atoms with Gasteiger partial charge in [0.25, 0.3) is 0 Å². The number of hydrogen-bond donors (Lipinski definition) is 1. The van der Waals surface area contributed by atoms with Crippen molar-refractivity contribution in [3.8, 4) is 0 Å². The molecule has 19 heavy (non-hydrogen) atoms. The molecule has 2 aromatic rings. The third-order valence-electron chi connectivity index (χ3n) is 2.84. The zero-order valence-electron chi connectivity index (χ0n) is 10.5. The van der Waals surface area contributed by atoms with Gasteiger partial charge in [-0.1, -0.05) is 30.4 Å². The lowest BCUT2D eigenvalue weighted by Gasteiger charge is -2.21. The van der Waals surface area contributed by atoms with E-state index in [1.54, 1.807) is 30.6 Å². The first kappa shape index (κ1) is 13.4. The molecular weight excluding hydrogens is 261 g/mol. The van der Waals surface area contributed by atoms with Gasteiger partial charge in [-0.25, -0.2) is 4.39 Å². The van der Waals surface area contributed by atoms with Crippen molar-refractivity contribution >= 4 is 22.9 Å². The van der Waals surface area contributed by atoms with Gasteiger partial charge in [0.2, 0.25) is 0 Å². The van der Waals surface area contributed by atoms with Crippen molar-refractivity contribution in [3.63, 3.8) is 0 Å². The molecule has 98 valence electrons. The smallest absolute Gasteiger partial charge is 0.128 e. The predicted octanol–water partition coefficient (Wildman–Crippen LogP) is 2.49. The average Bonchev–Trinajstić information content (AvgIpc) is 2.41. The van der Waals surface area contributed by atoms with Crippen LogP contribution in [0.5, 0.6) is 0 Å². The van der Waals surface area contributed by atoms with E-state index in [1.165, 1.54) is 6.07 Å². The van der Waals surface area contributed by atoms with Crippen LogP contribution < -0.4 is 10.6 Å². The van der Waals surface area contributed by atoms with Gasteiger partial charge in [0.05, 0.1) is 11.9 Å². The molecule has 2 rings (SSSR count). The standard InChI is InChI=1S/C14H14FN3S/c1-18(9-10-4-2-3-5-12(10)15)13-8-17-7-6-11(13)14(16)19/h2-8H,9H2,1H3,(H2,16,19). The van der Waals surface area contributed by atoms with E-state index in [2.05, 4.69) is 4.98 Å². The molecule has 0 aliphatic heterocycles. The second-order valence-electron chi connectivity index (χ2n) is 4.20. The largest absolute Gasteiger partial charge is 0.389 e. The van der Waals surface area contributed by atoms with Gasteiger partial charge in [0.1, 0.15) is 10.8 Å². The highest BCUT2D eigenvalue weighted by atomic mass is 32.1. The number of thiocarbonyl (C=S) groups is 1. The van der Waals surface area contributed by atoms with E-state index in [9.17, 15) is 4.39 Å². The minimum Gasteiger partial charge on any atom is -0.389 e. The molecule has 1 aromatic heterocycles. The summed E-state index contributed by atoms with van der Waals surface area (Å²) in [6, 6.07) is 8.44. The first-order valence-corrected chi connectivity index (χ1v) is 6.19. The van der Waals surface area contributed by atoms with Crippen LogP contribution in [0.25, 0.3) is 0 Å². The number of aromatic nitrogens is 1. The van der Waals surface area contributed by atoms with Gasteiger partial charge in [0, 0.05) is 30.9 Å². The molecule has 0 atom stereocenters. The molecule has 0 fully saturated rings. The first-order chi connectivity index (χ1) is 9.09. The lowest BCUT2D eigenvalue weighted by molar-refractivity contribution is 0.608. The van der Waals surface area contributed by atoms with Crippen LogP contribution >= 0.6 is 12.2 Å². The van der Waals surface area contributed by atoms with E-state index in [0.717, 1.165) is 11.3 Å². The molecule has 0 unspecified atom stereocenters. The Bertz CT molecular complexity index is 601. The number of nitrogens with zero attached hydrogens (tertiary/aromatic N) is 2. The summed E-state index contributed by atoms with van der Waals surface area (Å²) in [4.78, 5) is 6.24. The van der Waals surface area contributed by atoms with Gasteiger partial charge >= 0.3 is 0 Å². The number of rotatable bonds is 4. The number of hydrogen-bond acceptors (Lipinski definition) is 3. The summed E-state index contributed by atoms with van der Waals surface area (Å²) in [6.45, 7) is 0.425. The zero-order chi connectivity index (χ0) is 13.8. The van der Waals surface area contributed by atoms with Gasteiger partial charge in [0.15, 0.2) is 0 Å². The Morgan fingerprint density at radius 1 is 1.37 bits per heavy atom. The van der Waals surface area contributed by atoms with Crippen LogP contribution in [0.1, 0.15) is 11.1 Å². The van der Waals surface area contributed by atoms with Crippen LogP contribution in [0.15, 0.2) is 42.7 Å². The van der Waals surface area contributed by atoms with Gasteiger partial charge in [-0.05, 0) is 12.1 Å². The molecular formula is C14H14FN3S. The van der Waals surface area contributed by atoms with Gasteiger partial charge in [-0.2, -0.15) is 0 Å². The molecule has 5 heteroatoms. The molecule has 0 radical (unpaired) electrons. The Hall–Kier alpha value is -2.01. The van der Waals surface area contributed by atoms with Crippen LogP contribution in [0.3, 0.4) is 0 Å². The summed E-state index contributed by atoms with van der Waals surface area (Å²) in [6.07, 6.45) is 3.31. The Morgan fingerprint density at radius 2 is 2.11 bits per heavy atom. The van der Waals surface area contributed by atoms with E-state index in [4.69, 9.17) is 18.0 Å². The summed E-state index contributed by atoms with van der Waals surface area (Å²) in [5, 5.41) is 0. The monoisotopic (exact) mass is 275 g/mol. The number of pyridine rings is 1. The van der Waals surface area contributed by atoms with Crippen molar-refractivity contribution in [2.45, 2.75) is 6.54 Å². The van der Waals surface area contributed by atoms with Crippen molar-refractivity contribution in [1.82, 2.24) is 4.98 Å². The Morgan fingerprint density at radius 3 is 2.79 bits per heavy atom. The highest BCUT2D eigenvalue weighted by Crippen LogP contribution is 2.20.